The molecule has 1 aliphatic carbocycles. The van der Waals surface area contributed by atoms with Gasteiger partial charge < -0.3 is 10.1 Å². The van der Waals surface area contributed by atoms with Gasteiger partial charge in [0.2, 0.25) is 0 Å². The largest absolute Gasteiger partial charge is 0.380 e. The first-order valence-corrected chi connectivity index (χ1v) is 8.43. The highest BCUT2D eigenvalue weighted by molar-refractivity contribution is 4.97. The number of hydrogen-bond donors (Lipinski definition) is 1. The van der Waals surface area contributed by atoms with Gasteiger partial charge in [0, 0.05) is 38.3 Å². The first-order valence-electron chi connectivity index (χ1n) is 8.43. The highest BCUT2D eigenvalue weighted by atomic mass is 16.5. The zero-order valence-corrected chi connectivity index (χ0v) is 14.1. The van der Waals surface area contributed by atoms with E-state index in [4.69, 9.17) is 4.74 Å². The van der Waals surface area contributed by atoms with Crippen LogP contribution in [0.15, 0.2) is 0 Å². The lowest BCUT2D eigenvalue weighted by Crippen LogP contribution is -2.61. The summed E-state index contributed by atoms with van der Waals surface area (Å²) in [6.45, 7) is 16.7. The molecule has 2 aliphatic rings. The third-order valence-corrected chi connectivity index (χ3v) is 4.65. The van der Waals surface area contributed by atoms with Crippen LogP contribution in [0.1, 0.15) is 47.5 Å². The van der Waals surface area contributed by atoms with E-state index in [9.17, 15) is 0 Å². The number of nitrogens with zero attached hydrogens (tertiary/aromatic N) is 1. The zero-order valence-electron chi connectivity index (χ0n) is 14.1. The van der Waals surface area contributed by atoms with Crippen molar-refractivity contribution in [2.75, 3.05) is 32.8 Å². The summed E-state index contributed by atoms with van der Waals surface area (Å²) in [6, 6.07) is 1.35. The van der Waals surface area contributed by atoms with Gasteiger partial charge in [-0.15, -0.1) is 0 Å². The van der Waals surface area contributed by atoms with Crippen LogP contribution in [0.25, 0.3) is 0 Å². The quantitative estimate of drug-likeness (QED) is 0.758. The molecule has 1 aliphatic heterocycles. The summed E-state index contributed by atoms with van der Waals surface area (Å²) in [5.74, 6) is 1.58. The SMILES string of the molecule is CC(C)COCCN1CC(C(C)(C)C)NCC1C1CC1. The first-order chi connectivity index (χ1) is 9.38. The van der Waals surface area contributed by atoms with Crippen molar-refractivity contribution in [1.82, 2.24) is 10.2 Å². The Hall–Kier alpha value is -0.120. The van der Waals surface area contributed by atoms with Crippen molar-refractivity contribution in [3.8, 4) is 0 Å². The number of nitrogens with one attached hydrogen (secondary N) is 1. The van der Waals surface area contributed by atoms with Crippen LogP contribution < -0.4 is 5.32 Å². The Labute approximate surface area is 125 Å². The Kier molecular flexibility index (Phi) is 5.49. The second-order valence-electron chi connectivity index (χ2n) is 8.20. The molecule has 1 N–H and O–H groups in total. The van der Waals surface area contributed by atoms with Crippen LogP contribution in [-0.2, 0) is 4.74 Å². The van der Waals surface area contributed by atoms with Crippen LogP contribution >= 0.6 is 0 Å². The minimum atomic E-state index is 0.339. The summed E-state index contributed by atoms with van der Waals surface area (Å²) in [7, 11) is 0. The van der Waals surface area contributed by atoms with Gasteiger partial charge in [0.25, 0.3) is 0 Å². The zero-order chi connectivity index (χ0) is 14.8. The van der Waals surface area contributed by atoms with Crippen molar-refractivity contribution < 1.29 is 4.74 Å². The van der Waals surface area contributed by atoms with Crippen LogP contribution in [0.4, 0.5) is 0 Å². The lowest BCUT2D eigenvalue weighted by molar-refractivity contribution is 0.0333. The number of ether oxygens (including phenoxy) is 1. The molecule has 1 saturated heterocycles. The maximum atomic E-state index is 5.81. The molecule has 2 unspecified atom stereocenters. The molecule has 0 amide bonds. The first kappa shape index (κ1) is 16.3. The van der Waals surface area contributed by atoms with Crippen LogP contribution in [-0.4, -0.2) is 49.8 Å². The molecule has 0 aromatic rings. The Balaban J connectivity index is 1.83. The summed E-state index contributed by atoms with van der Waals surface area (Å²) in [5.41, 5.74) is 0.339. The minimum absolute atomic E-state index is 0.339. The molecule has 3 heteroatoms. The third-order valence-electron chi connectivity index (χ3n) is 4.65. The summed E-state index contributed by atoms with van der Waals surface area (Å²) in [4.78, 5) is 2.70. The fourth-order valence-corrected chi connectivity index (χ4v) is 3.11. The fraction of sp³-hybridized carbons (Fsp3) is 1.00. The molecule has 2 fully saturated rings. The summed E-state index contributed by atoms with van der Waals surface area (Å²) >= 11 is 0. The van der Waals surface area contributed by atoms with E-state index in [1.807, 2.05) is 0 Å². The van der Waals surface area contributed by atoms with Gasteiger partial charge in [0.1, 0.15) is 0 Å². The Morgan fingerprint density at radius 1 is 1.25 bits per heavy atom. The highest BCUT2D eigenvalue weighted by Gasteiger charge is 2.40. The third kappa shape index (κ3) is 4.71. The number of rotatable bonds is 6. The molecule has 0 aromatic carbocycles. The molecule has 2 atom stereocenters. The molecule has 20 heavy (non-hydrogen) atoms. The normalized spacial score (nSPS) is 29.1. The van der Waals surface area contributed by atoms with Crippen molar-refractivity contribution in [2.45, 2.75) is 59.5 Å². The molecule has 3 nitrogen and oxygen atoms in total. The van der Waals surface area contributed by atoms with Crippen molar-refractivity contribution >= 4 is 0 Å². The molecule has 2 rings (SSSR count). The monoisotopic (exact) mass is 282 g/mol. The number of piperazine rings is 1. The van der Waals surface area contributed by atoms with E-state index in [-0.39, 0.29) is 0 Å². The van der Waals surface area contributed by atoms with Gasteiger partial charge in [0.05, 0.1) is 6.61 Å². The van der Waals surface area contributed by atoms with Gasteiger partial charge in [-0.3, -0.25) is 4.90 Å². The molecule has 0 spiro atoms. The molecule has 1 heterocycles. The predicted molar refractivity (Wildman–Crippen MR) is 85.0 cm³/mol. The highest BCUT2D eigenvalue weighted by Crippen LogP contribution is 2.37. The fourth-order valence-electron chi connectivity index (χ4n) is 3.11. The van der Waals surface area contributed by atoms with E-state index in [1.54, 1.807) is 0 Å². The van der Waals surface area contributed by atoms with E-state index in [1.165, 1.54) is 19.4 Å². The van der Waals surface area contributed by atoms with Crippen LogP contribution in [0.2, 0.25) is 0 Å². The van der Waals surface area contributed by atoms with Crippen LogP contribution in [0, 0.1) is 17.3 Å². The van der Waals surface area contributed by atoms with Crippen molar-refractivity contribution in [3.63, 3.8) is 0 Å². The average molecular weight is 282 g/mol. The van der Waals surface area contributed by atoms with Crippen molar-refractivity contribution in [3.05, 3.63) is 0 Å². The summed E-state index contributed by atoms with van der Waals surface area (Å²) < 4.78 is 5.81. The average Bonchev–Trinajstić information content (AvgIpc) is 3.17. The molecular formula is C17H34N2O. The van der Waals surface area contributed by atoms with E-state index >= 15 is 0 Å². The molecule has 0 radical (unpaired) electrons. The van der Waals surface area contributed by atoms with Gasteiger partial charge >= 0.3 is 0 Å². The van der Waals surface area contributed by atoms with E-state index in [2.05, 4.69) is 44.8 Å². The molecular weight excluding hydrogens is 248 g/mol. The van der Waals surface area contributed by atoms with Crippen molar-refractivity contribution in [1.29, 1.82) is 0 Å². The molecule has 118 valence electrons. The Morgan fingerprint density at radius 3 is 2.50 bits per heavy atom. The molecule has 0 aromatic heterocycles. The minimum Gasteiger partial charge on any atom is -0.380 e. The standard InChI is InChI=1S/C17H34N2O/c1-13(2)12-20-9-8-19-11-16(17(3,4)5)18-10-15(19)14-6-7-14/h13-16,18H,6-12H2,1-5H3. The second kappa shape index (κ2) is 6.76. The molecule has 0 bridgehead atoms. The van der Waals surface area contributed by atoms with E-state index < -0.39 is 0 Å². The van der Waals surface area contributed by atoms with Gasteiger partial charge in [-0.05, 0) is 30.1 Å². The summed E-state index contributed by atoms with van der Waals surface area (Å²) in [5, 5.41) is 3.79. The number of hydrogen-bond acceptors (Lipinski definition) is 3. The summed E-state index contributed by atoms with van der Waals surface area (Å²) in [6.07, 6.45) is 2.85. The maximum absolute atomic E-state index is 5.81. The maximum Gasteiger partial charge on any atom is 0.0593 e. The lowest BCUT2D eigenvalue weighted by atomic mass is 9.84. The lowest BCUT2D eigenvalue weighted by Gasteiger charge is -2.45. The van der Waals surface area contributed by atoms with Gasteiger partial charge in [0.15, 0.2) is 0 Å². The van der Waals surface area contributed by atoms with Gasteiger partial charge in [-0.2, -0.15) is 0 Å². The van der Waals surface area contributed by atoms with Gasteiger partial charge in [-0.1, -0.05) is 34.6 Å². The Morgan fingerprint density at radius 2 is 1.95 bits per heavy atom. The van der Waals surface area contributed by atoms with E-state index in [0.717, 1.165) is 38.3 Å². The van der Waals surface area contributed by atoms with Crippen molar-refractivity contribution in [2.24, 2.45) is 17.3 Å². The van der Waals surface area contributed by atoms with Crippen LogP contribution in [0.3, 0.4) is 0 Å². The van der Waals surface area contributed by atoms with Gasteiger partial charge in [-0.25, -0.2) is 0 Å². The topological polar surface area (TPSA) is 24.5 Å². The van der Waals surface area contributed by atoms with E-state index in [0.29, 0.717) is 17.4 Å². The van der Waals surface area contributed by atoms with Crippen LogP contribution in [0.5, 0.6) is 0 Å². The Bertz CT molecular complexity index is 294. The predicted octanol–water partition coefficient (Wildman–Crippen LogP) is 2.76. The molecule has 1 saturated carbocycles. The smallest absolute Gasteiger partial charge is 0.0593 e. The second-order valence-corrected chi connectivity index (χ2v) is 8.20.